The number of rotatable bonds is 16. The van der Waals surface area contributed by atoms with Gasteiger partial charge in [0.05, 0.1) is 26.4 Å². The van der Waals surface area contributed by atoms with Crippen molar-refractivity contribution in [2.24, 2.45) is 10.8 Å². The van der Waals surface area contributed by atoms with Crippen LogP contribution in [0.2, 0.25) is 0 Å². The third kappa shape index (κ3) is 12.7. The summed E-state index contributed by atoms with van der Waals surface area (Å²) < 4.78 is 12.3. The fourth-order valence-corrected chi connectivity index (χ4v) is 8.08. The summed E-state index contributed by atoms with van der Waals surface area (Å²) in [5.74, 6) is 0. The van der Waals surface area contributed by atoms with Crippen LogP contribution in [0.4, 0.5) is 0 Å². The van der Waals surface area contributed by atoms with E-state index in [-0.39, 0.29) is 0 Å². The topological polar surface area (TPSA) is 18.5 Å². The molecule has 2 nitrogen and oxygen atoms in total. The van der Waals surface area contributed by atoms with Crippen molar-refractivity contribution in [1.29, 1.82) is 0 Å². The molecule has 2 fully saturated rings. The summed E-state index contributed by atoms with van der Waals surface area (Å²) in [6.45, 7) is 3.36. The van der Waals surface area contributed by atoms with Crippen LogP contribution in [0, 0.1) is 10.8 Å². The second kappa shape index (κ2) is 20.3. The molecule has 6 rings (SSSR count). The molecule has 2 aliphatic rings. The van der Waals surface area contributed by atoms with Crippen LogP contribution in [0.3, 0.4) is 0 Å². The van der Waals surface area contributed by atoms with E-state index in [1.54, 1.807) is 0 Å². The van der Waals surface area contributed by atoms with Crippen molar-refractivity contribution in [2.45, 2.75) is 116 Å². The molecular formula is C46H60O2. The number of hydrogen-bond donors (Lipinski definition) is 0. The molecule has 2 saturated carbocycles. The van der Waals surface area contributed by atoms with Crippen molar-refractivity contribution in [3.05, 3.63) is 144 Å². The molecule has 48 heavy (non-hydrogen) atoms. The molecule has 0 spiro atoms. The molecule has 0 atom stereocenters. The smallest absolute Gasteiger partial charge is 0.0717 e. The molecule has 0 bridgehead atoms. The van der Waals surface area contributed by atoms with Gasteiger partial charge in [0.1, 0.15) is 0 Å². The van der Waals surface area contributed by atoms with Crippen LogP contribution in [0.5, 0.6) is 0 Å². The van der Waals surface area contributed by atoms with Crippen LogP contribution < -0.4 is 0 Å². The van der Waals surface area contributed by atoms with Gasteiger partial charge in [-0.2, -0.15) is 0 Å². The van der Waals surface area contributed by atoms with Crippen molar-refractivity contribution in [3.8, 4) is 0 Å². The summed E-state index contributed by atoms with van der Waals surface area (Å²) >= 11 is 0. The zero-order valence-corrected chi connectivity index (χ0v) is 29.5. The summed E-state index contributed by atoms with van der Waals surface area (Å²) in [6.07, 6.45) is 21.2. The van der Waals surface area contributed by atoms with Crippen LogP contribution in [-0.2, 0) is 35.5 Å². The summed E-state index contributed by atoms with van der Waals surface area (Å²) in [4.78, 5) is 0. The van der Waals surface area contributed by atoms with Crippen molar-refractivity contribution in [2.75, 3.05) is 13.2 Å². The summed E-state index contributed by atoms with van der Waals surface area (Å²) in [6, 6.07) is 42.9. The molecular weight excluding hydrogens is 585 g/mol. The van der Waals surface area contributed by atoms with Gasteiger partial charge in [0.2, 0.25) is 0 Å². The summed E-state index contributed by atoms with van der Waals surface area (Å²) in [5, 5.41) is 0. The van der Waals surface area contributed by atoms with Gasteiger partial charge in [-0.05, 0) is 97.3 Å². The lowest BCUT2D eigenvalue weighted by molar-refractivity contribution is 0.00489. The Bertz CT molecular complexity index is 1150. The second-order valence-electron chi connectivity index (χ2n) is 14.8. The maximum Gasteiger partial charge on any atom is 0.0717 e. The minimum atomic E-state index is 0.418. The lowest BCUT2D eigenvalue weighted by Gasteiger charge is -2.37. The van der Waals surface area contributed by atoms with E-state index in [1.165, 1.54) is 125 Å². The Labute approximate surface area is 292 Å². The number of aryl methyl sites for hydroxylation is 2. The third-order valence-electron chi connectivity index (χ3n) is 10.9. The predicted molar refractivity (Wildman–Crippen MR) is 202 cm³/mol. The minimum Gasteiger partial charge on any atom is -0.376 e. The van der Waals surface area contributed by atoms with E-state index in [4.69, 9.17) is 9.47 Å². The molecule has 256 valence electrons. The molecule has 0 unspecified atom stereocenters. The Hall–Kier alpha value is -3.20. The summed E-state index contributed by atoms with van der Waals surface area (Å²) in [5.41, 5.74) is 6.34. The van der Waals surface area contributed by atoms with Crippen LogP contribution in [0.15, 0.2) is 121 Å². The van der Waals surface area contributed by atoms with Gasteiger partial charge >= 0.3 is 0 Å². The molecule has 4 aromatic rings. The molecule has 0 saturated heterocycles. The minimum absolute atomic E-state index is 0.418. The van der Waals surface area contributed by atoms with Crippen LogP contribution >= 0.6 is 0 Å². The zero-order valence-electron chi connectivity index (χ0n) is 29.5. The fourth-order valence-electron chi connectivity index (χ4n) is 8.08. The first-order chi connectivity index (χ1) is 23.7. The van der Waals surface area contributed by atoms with E-state index in [0.29, 0.717) is 10.8 Å². The van der Waals surface area contributed by atoms with Gasteiger partial charge in [-0.1, -0.05) is 160 Å². The third-order valence-corrected chi connectivity index (χ3v) is 10.9. The first-order valence-corrected chi connectivity index (χ1v) is 19.0. The Morgan fingerprint density at radius 3 is 1.02 bits per heavy atom. The van der Waals surface area contributed by atoms with E-state index < -0.39 is 0 Å². The van der Waals surface area contributed by atoms with E-state index in [1.807, 2.05) is 0 Å². The molecule has 0 aliphatic heterocycles. The van der Waals surface area contributed by atoms with E-state index in [0.717, 1.165) is 26.4 Å². The Kier molecular flexibility index (Phi) is 15.3. The Morgan fingerprint density at radius 1 is 0.375 bits per heavy atom. The highest BCUT2D eigenvalue weighted by molar-refractivity contribution is 5.16. The Balaban J connectivity index is 0.000000188. The fraction of sp³-hybridized carbons (Fsp3) is 0.478. The van der Waals surface area contributed by atoms with Crippen LogP contribution in [0.1, 0.15) is 112 Å². The van der Waals surface area contributed by atoms with Gasteiger partial charge in [-0.25, -0.2) is 0 Å². The van der Waals surface area contributed by atoms with Crippen molar-refractivity contribution in [1.82, 2.24) is 0 Å². The second-order valence-corrected chi connectivity index (χ2v) is 14.8. The van der Waals surface area contributed by atoms with Crippen molar-refractivity contribution < 1.29 is 9.47 Å². The van der Waals surface area contributed by atoms with E-state index >= 15 is 0 Å². The van der Waals surface area contributed by atoms with E-state index in [2.05, 4.69) is 121 Å². The molecule has 0 aromatic heterocycles. The first kappa shape index (κ1) is 36.1. The molecule has 2 aliphatic carbocycles. The van der Waals surface area contributed by atoms with Gasteiger partial charge < -0.3 is 9.47 Å². The maximum atomic E-state index is 6.17. The number of benzene rings is 4. The van der Waals surface area contributed by atoms with Crippen molar-refractivity contribution >= 4 is 0 Å². The monoisotopic (exact) mass is 644 g/mol. The average molecular weight is 645 g/mol. The highest BCUT2D eigenvalue weighted by Crippen LogP contribution is 2.42. The molecule has 0 amide bonds. The van der Waals surface area contributed by atoms with Gasteiger partial charge in [0.15, 0.2) is 0 Å². The van der Waals surface area contributed by atoms with Gasteiger partial charge in [-0.3, -0.25) is 0 Å². The van der Waals surface area contributed by atoms with Gasteiger partial charge in [0.25, 0.3) is 0 Å². The molecule has 2 heteroatoms. The molecule has 4 aromatic carbocycles. The predicted octanol–water partition coefficient (Wildman–Crippen LogP) is 12.4. The zero-order chi connectivity index (χ0) is 33.0. The number of ether oxygens (including phenoxy) is 2. The summed E-state index contributed by atoms with van der Waals surface area (Å²) in [7, 11) is 0. The highest BCUT2D eigenvalue weighted by atomic mass is 16.5. The largest absolute Gasteiger partial charge is 0.376 e. The molecule has 0 heterocycles. The quantitative estimate of drug-likeness (QED) is 0.121. The van der Waals surface area contributed by atoms with E-state index in [9.17, 15) is 0 Å². The maximum absolute atomic E-state index is 6.17. The van der Waals surface area contributed by atoms with Crippen molar-refractivity contribution in [3.63, 3.8) is 0 Å². The van der Waals surface area contributed by atoms with Gasteiger partial charge in [-0.15, -0.1) is 0 Å². The first-order valence-electron chi connectivity index (χ1n) is 19.0. The average Bonchev–Trinajstić information content (AvgIpc) is 3.15. The number of hydrogen-bond acceptors (Lipinski definition) is 2. The SMILES string of the molecule is c1ccc(CCCC2(COCc3ccccc3)CCCCC2)cc1.c1ccc(CCCC2(COCc3ccccc3)CCCCC2)cc1. The molecule has 0 radical (unpaired) electrons. The lowest BCUT2D eigenvalue weighted by Crippen LogP contribution is -2.30. The van der Waals surface area contributed by atoms with Crippen LogP contribution in [0.25, 0.3) is 0 Å². The van der Waals surface area contributed by atoms with Gasteiger partial charge in [0, 0.05) is 0 Å². The lowest BCUT2D eigenvalue weighted by atomic mass is 9.71. The normalized spacial score (nSPS) is 16.8. The Morgan fingerprint density at radius 2 is 0.688 bits per heavy atom. The molecule has 0 N–H and O–H groups in total. The standard InChI is InChI=1S/2C23H30O/c2*1-4-11-21(12-5-1)15-10-18-23(16-8-3-9-17-23)20-24-19-22-13-6-2-7-14-22/h2*1-2,4-7,11-14H,3,8-10,15-20H2. The van der Waals surface area contributed by atoms with Crippen LogP contribution in [-0.4, -0.2) is 13.2 Å². The highest BCUT2D eigenvalue weighted by Gasteiger charge is 2.32.